The Labute approximate surface area is 143 Å². The number of methoxy groups -OCH3 is 1. The van der Waals surface area contributed by atoms with Gasteiger partial charge in [-0.25, -0.2) is 0 Å². The Kier molecular flexibility index (Phi) is 5.51. The maximum absolute atomic E-state index is 5.45. The van der Waals surface area contributed by atoms with Crippen molar-refractivity contribution >= 4 is 18.0 Å². The van der Waals surface area contributed by atoms with Crippen LogP contribution in [0, 0.1) is 0 Å². The number of hydrogen-bond donors (Lipinski definition) is 0. The minimum Gasteiger partial charge on any atom is -0.495 e. The first-order chi connectivity index (χ1) is 11.9. The highest BCUT2D eigenvalue weighted by Gasteiger charge is 2.17. The molecule has 3 rings (SSSR count). The van der Waals surface area contributed by atoms with Gasteiger partial charge in [0.05, 0.1) is 25.9 Å². The number of rotatable bonds is 5. The zero-order chi connectivity index (χ0) is 16.6. The van der Waals surface area contributed by atoms with Gasteiger partial charge in [-0.05, 0) is 23.8 Å². The second-order valence-corrected chi connectivity index (χ2v) is 5.65. The Morgan fingerprint density at radius 3 is 2.38 bits per heavy atom. The van der Waals surface area contributed by atoms with E-state index in [1.165, 1.54) is 5.56 Å². The van der Waals surface area contributed by atoms with Gasteiger partial charge in [-0.3, -0.25) is 5.01 Å². The van der Waals surface area contributed by atoms with Crippen LogP contribution in [-0.2, 0) is 0 Å². The number of benzene rings is 2. The zero-order valence-corrected chi connectivity index (χ0v) is 14.0. The SMILES string of the molecule is COc1ccccc1N1CCN(N=CC=Cc2ccccc2)CC1. The molecule has 124 valence electrons. The lowest BCUT2D eigenvalue weighted by Gasteiger charge is -2.35. The quantitative estimate of drug-likeness (QED) is 0.789. The molecule has 1 saturated heterocycles. The number of ether oxygens (including phenoxy) is 1. The third-order valence-electron chi connectivity index (χ3n) is 4.09. The van der Waals surface area contributed by atoms with E-state index in [1.807, 2.05) is 42.6 Å². The first-order valence-electron chi connectivity index (χ1n) is 8.25. The smallest absolute Gasteiger partial charge is 0.142 e. The Balaban J connectivity index is 1.52. The number of piperazine rings is 1. The molecule has 0 bridgehead atoms. The van der Waals surface area contributed by atoms with Crippen LogP contribution in [0.4, 0.5) is 5.69 Å². The van der Waals surface area contributed by atoms with Crippen molar-refractivity contribution in [2.24, 2.45) is 5.10 Å². The molecule has 1 fully saturated rings. The van der Waals surface area contributed by atoms with Crippen molar-refractivity contribution in [3.05, 3.63) is 66.2 Å². The molecular weight excluding hydrogens is 298 g/mol. The largest absolute Gasteiger partial charge is 0.495 e. The molecule has 0 amide bonds. The summed E-state index contributed by atoms with van der Waals surface area (Å²) in [4.78, 5) is 2.35. The van der Waals surface area contributed by atoms with Crippen molar-refractivity contribution in [1.29, 1.82) is 0 Å². The van der Waals surface area contributed by atoms with Crippen molar-refractivity contribution in [1.82, 2.24) is 5.01 Å². The Bertz CT molecular complexity index is 689. The fourth-order valence-electron chi connectivity index (χ4n) is 2.79. The number of para-hydroxylation sites is 2. The van der Waals surface area contributed by atoms with E-state index >= 15 is 0 Å². The molecule has 4 nitrogen and oxygen atoms in total. The predicted molar refractivity (Wildman–Crippen MR) is 101 cm³/mol. The normalized spacial score (nSPS) is 15.4. The van der Waals surface area contributed by atoms with Gasteiger partial charge < -0.3 is 9.64 Å². The monoisotopic (exact) mass is 321 g/mol. The maximum atomic E-state index is 5.45. The van der Waals surface area contributed by atoms with Gasteiger partial charge in [0.2, 0.25) is 0 Å². The first kappa shape index (κ1) is 16.1. The molecule has 0 radical (unpaired) electrons. The highest BCUT2D eigenvalue weighted by atomic mass is 16.5. The molecule has 1 aliphatic heterocycles. The summed E-state index contributed by atoms with van der Waals surface area (Å²) < 4.78 is 5.45. The third kappa shape index (κ3) is 4.16. The fourth-order valence-corrected chi connectivity index (χ4v) is 2.79. The Hall–Kier alpha value is -2.75. The van der Waals surface area contributed by atoms with Crippen LogP contribution < -0.4 is 9.64 Å². The fraction of sp³-hybridized carbons (Fsp3) is 0.250. The lowest BCUT2D eigenvalue weighted by molar-refractivity contribution is 0.271. The number of hydrogen-bond acceptors (Lipinski definition) is 4. The van der Waals surface area contributed by atoms with Gasteiger partial charge in [-0.2, -0.15) is 5.10 Å². The summed E-state index contributed by atoms with van der Waals surface area (Å²) in [5.74, 6) is 0.931. The van der Waals surface area contributed by atoms with Gasteiger partial charge in [-0.15, -0.1) is 0 Å². The van der Waals surface area contributed by atoms with Crippen LogP contribution in [0.5, 0.6) is 5.75 Å². The number of allylic oxidation sites excluding steroid dienone is 1. The Morgan fingerprint density at radius 2 is 1.62 bits per heavy atom. The standard InChI is InChI=1S/C20H23N3O/c1-24-20-12-6-5-11-19(20)22-14-16-23(17-15-22)21-13-7-10-18-8-3-2-4-9-18/h2-13H,14-17H2,1H3. The lowest BCUT2D eigenvalue weighted by Crippen LogP contribution is -2.44. The minimum atomic E-state index is 0.910. The van der Waals surface area contributed by atoms with Crippen molar-refractivity contribution in [3.63, 3.8) is 0 Å². The third-order valence-corrected chi connectivity index (χ3v) is 4.09. The highest BCUT2D eigenvalue weighted by molar-refractivity contribution is 5.78. The summed E-state index contributed by atoms with van der Waals surface area (Å²) in [7, 11) is 1.72. The summed E-state index contributed by atoms with van der Waals surface area (Å²) in [6.45, 7) is 3.71. The molecule has 0 spiro atoms. The summed E-state index contributed by atoms with van der Waals surface area (Å²) in [5, 5.41) is 6.64. The van der Waals surface area contributed by atoms with Crippen LogP contribution in [-0.4, -0.2) is 44.5 Å². The van der Waals surface area contributed by atoms with E-state index in [0.717, 1.165) is 37.6 Å². The maximum Gasteiger partial charge on any atom is 0.142 e. The molecule has 2 aromatic rings. The van der Waals surface area contributed by atoms with E-state index in [9.17, 15) is 0 Å². The van der Waals surface area contributed by atoms with Gasteiger partial charge in [0, 0.05) is 19.3 Å². The van der Waals surface area contributed by atoms with Gasteiger partial charge in [-0.1, -0.05) is 48.5 Å². The van der Waals surface area contributed by atoms with E-state index in [1.54, 1.807) is 7.11 Å². The molecule has 4 heteroatoms. The van der Waals surface area contributed by atoms with Crippen LogP contribution in [0.1, 0.15) is 5.56 Å². The molecule has 0 aromatic heterocycles. The molecule has 24 heavy (non-hydrogen) atoms. The minimum absolute atomic E-state index is 0.910. The lowest BCUT2D eigenvalue weighted by atomic mass is 10.2. The topological polar surface area (TPSA) is 28.1 Å². The number of anilines is 1. The summed E-state index contributed by atoms with van der Waals surface area (Å²) in [6.07, 6.45) is 5.92. The molecular formula is C20H23N3O. The van der Waals surface area contributed by atoms with E-state index in [-0.39, 0.29) is 0 Å². The van der Waals surface area contributed by atoms with E-state index < -0.39 is 0 Å². The van der Waals surface area contributed by atoms with Gasteiger partial charge in [0.15, 0.2) is 0 Å². The molecule has 1 heterocycles. The molecule has 2 aromatic carbocycles. The van der Waals surface area contributed by atoms with Crippen LogP contribution in [0.3, 0.4) is 0 Å². The first-order valence-corrected chi connectivity index (χ1v) is 8.25. The highest BCUT2D eigenvalue weighted by Crippen LogP contribution is 2.28. The summed E-state index contributed by atoms with van der Waals surface area (Å²) in [5.41, 5.74) is 2.34. The van der Waals surface area contributed by atoms with Crippen LogP contribution >= 0.6 is 0 Å². The van der Waals surface area contributed by atoms with Gasteiger partial charge in [0.25, 0.3) is 0 Å². The second-order valence-electron chi connectivity index (χ2n) is 5.65. The molecule has 0 saturated carbocycles. The molecule has 0 N–H and O–H groups in total. The predicted octanol–water partition coefficient (Wildman–Crippen LogP) is 3.52. The molecule has 0 aliphatic carbocycles. The Morgan fingerprint density at radius 1 is 0.917 bits per heavy atom. The van der Waals surface area contributed by atoms with Gasteiger partial charge in [0.1, 0.15) is 5.75 Å². The molecule has 1 aliphatic rings. The van der Waals surface area contributed by atoms with E-state index in [4.69, 9.17) is 4.74 Å². The van der Waals surface area contributed by atoms with Crippen LogP contribution in [0.2, 0.25) is 0 Å². The van der Waals surface area contributed by atoms with E-state index in [2.05, 4.69) is 45.4 Å². The second kappa shape index (κ2) is 8.20. The molecule has 0 unspecified atom stereocenters. The zero-order valence-electron chi connectivity index (χ0n) is 14.0. The van der Waals surface area contributed by atoms with Crippen LogP contribution in [0.15, 0.2) is 65.8 Å². The number of nitrogens with zero attached hydrogens (tertiary/aromatic N) is 3. The van der Waals surface area contributed by atoms with Crippen molar-refractivity contribution in [2.75, 3.05) is 38.2 Å². The summed E-state index contributed by atoms with van der Waals surface area (Å²) in [6, 6.07) is 18.4. The van der Waals surface area contributed by atoms with Crippen molar-refractivity contribution in [2.45, 2.75) is 0 Å². The van der Waals surface area contributed by atoms with Crippen molar-refractivity contribution in [3.8, 4) is 5.75 Å². The van der Waals surface area contributed by atoms with Gasteiger partial charge >= 0.3 is 0 Å². The van der Waals surface area contributed by atoms with Crippen molar-refractivity contribution < 1.29 is 4.74 Å². The number of hydrazone groups is 1. The average Bonchev–Trinajstić information content (AvgIpc) is 2.66. The van der Waals surface area contributed by atoms with Crippen LogP contribution in [0.25, 0.3) is 6.08 Å². The average molecular weight is 321 g/mol. The van der Waals surface area contributed by atoms with E-state index in [0.29, 0.717) is 0 Å². The molecule has 0 atom stereocenters. The summed E-state index contributed by atoms with van der Waals surface area (Å²) >= 11 is 0.